The third kappa shape index (κ3) is 4.30. The van der Waals surface area contributed by atoms with Gasteiger partial charge >= 0.3 is 0 Å². The summed E-state index contributed by atoms with van der Waals surface area (Å²) < 4.78 is 18.3. The highest BCUT2D eigenvalue weighted by molar-refractivity contribution is 6.33. The first-order valence-electron chi connectivity index (χ1n) is 7.18. The maximum absolute atomic E-state index is 13.1. The molecule has 0 aliphatic carbocycles. The second-order valence-corrected chi connectivity index (χ2v) is 6.10. The maximum Gasteiger partial charge on any atom is 0.246 e. The summed E-state index contributed by atoms with van der Waals surface area (Å²) in [5.41, 5.74) is 1.84. The van der Waals surface area contributed by atoms with Gasteiger partial charge in [-0.25, -0.2) is 4.39 Å². The van der Waals surface area contributed by atoms with Crippen LogP contribution in [0.1, 0.15) is 12.5 Å². The van der Waals surface area contributed by atoms with E-state index >= 15 is 0 Å². The molecule has 0 radical (unpaired) electrons. The lowest BCUT2D eigenvalue weighted by Crippen LogP contribution is -2.32. The first-order chi connectivity index (χ1) is 11.3. The lowest BCUT2D eigenvalue weighted by atomic mass is 10.2. The van der Waals surface area contributed by atoms with E-state index < -0.39 is 11.9 Å². The number of aryl methyl sites for hydroxylation is 1. The first kappa shape index (κ1) is 18.4. The van der Waals surface area contributed by atoms with Crippen molar-refractivity contribution in [1.82, 2.24) is 0 Å². The average Bonchev–Trinajstić information content (AvgIpc) is 2.53. The van der Waals surface area contributed by atoms with Crippen molar-refractivity contribution in [1.29, 1.82) is 0 Å². The van der Waals surface area contributed by atoms with E-state index in [2.05, 4.69) is 10.6 Å². The molecular formula is C17H17Cl2FN2O2. The van der Waals surface area contributed by atoms with Crippen molar-refractivity contribution in [2.24, 2.45) is 0 Å². The lowest BCUT2D eigenvalue weighted by molar-refractivity contribution is -0.116. The lowest BCUT2D eigenvalue weighted by Gasteiger charge is -2.18. The topological polar surface area (TPSA) is 50.4 Å². The van der Waals surface area contributed by atoms with Crippen molar-refractivity contribution in [3.05, 3.63) is 51.8 Å². The second-order valence-electron chi connectivity index (χ2n) is 5.28. The van der Waals surface area contributed by atoms with Crippen LogP contribution in [0.15, 0.2) is 30.3 Å². The summed E-state index contributed by atoms with van der Waals surface area (Å²) in [5.74, 6) is -0.256. The number of amides is 1. The van der Waals surface area contributed by atoms with E-state index in [9.17, 15) is 9.18 Å². The third-order valence-electron chi connectivity index (χ3n) is 3.44. The van der Waals surface area contributed by atoms with E-state index in [0.717, 1.165) is 11.6 Å². The number of anilines is 2. The predicted molar refractivity (Wildman–Crippen MR) is 95.9 cm³/mol. The molecule has 0 aliphatic heterocycles. The van der Waals surface area contributed by atoms with Crippen molar-refractivity contribution in [2.45, 2.75) is 19.9 Å². The molecule has 24 heavy (non-hydrogen) atoms. The number of carbonyl (C=O) groups excluding carboxylic acids is 1. The summed E-state index contributed by atoms with van der Waals surface area (Å²) in [6, 6.07) is 6.68. The van der Waals surface area contributed by atoms with Crippen LogP contribution < -0.4 is 15.4 Å². The normalized spacial score (nSPS) is 11.8. The largest absolute Gasteiger partial charge is 0.495 e. The molecule has 0 fully saturated rings. The Morgan fingerprint density at radius 2 is 1.88 bits per heavy atom. The fraction of sp³-hybridized carbons (Fsp3) is 0.235. The number of ether oxygens (including phenoxy) is 1. The van der Waals surface area contributed by atoms with Crippen molar-refractivity contribution >= 4 is 40.5 Å². The van der Waals surface area contributed by atoms with Crippen LogP contribution in [0.25, 0.3) is 0 Å². The molecule has 4 nitrogen and oxygen atoms in total. The van der Waals surface area contributed by atoms with Crippen LogP contribution in [0.4, 0.5) is 15.8 Å². The molecule has 7 heteroatoms. The Morgan fingerprint density at radius 1 is 1.17 bits per heavy atom. The van der Waals surface area contributed by atoms with Gasteiger partial charge in [-0.1, -0.05) is 23.2 Å². The Labute approximate surface area is 149 Å². The summed E-state index contributed by atoms with van der Waals surface area (Å²) in [4.78, 5) is 12.3. The highest BCUT2D eigenvalue weighted by Crippen LogP contribution is 2.31. The molecule has 2 aromatic carbocycles. The predicted octanol–water partition coefficient (Wildman–Crippen LogP) is 4.89. The van der Waals surface area contributed by atoms with Gasteiger partial charge in [-0.3, -0.25) is 4.79 Å². The molecule has 2 N–H and O–H groups in total. The van der Waals surface area contributed by atoms with Crippen molar-refractivity contribution in [2.75, 3.05) is 17.7 Å². The summed E-state index contributed by atoms with van der Waals surface area (Å²) in [7, 11) is 1.52. The smallest absolute Gasteiger partial charge is 0.246 e. The van der Waals surface area contributed by atoms with Crippen LogP contribution in [0.5, 0.6) is 5.75 Å². The van der Waals surface area contributed by atoms with Gasteiger partial charge in [0.15, 0.2) is 0 Å². The van der Waals surface area contributed by atoms with Crippen LogP contribution in [-0.4, -0.2) is 19.1 Å². The van der Waals surface area contributed by atoms with Gasteiger partial charge in [0.2, 0.25) is 5.91 Å². The maximum atomic E-state index is 13.1. The van der Waals surface area contributed by atoms with Crippen LogP contribution in [0.2, 0.25) is 10.0 Å². The summed E-state index contributed by atoms with van der Waals surface area (Å²) in [6.45, 7) is 3.55. The zero-order valence-electron chi connectivity index (χ0n) is 13.4. The fourth-order valence-electron chi connectivity index (χ4n) is 2.08. The van der Waals surface area contributed by atoms with E-state index in [0.29, 0.717) is 22.1 Å². The highest BCUT2D eigenvalue weighted by Gasteiger charge is 2.17. The van der Waals surface area contributed by atoms with Gasteiger partial charge in [0.1, 0.15) is 17.6 Å². The fourth-order valence-corrected chi connectivity index (χ4v) is 2.44. The van der Waals surface area contributed by atoms with E-state index in [1.807, 2.05) is 6.92 Å². The molecule has 0 spiro atoms. The van der Waals surface area contributed by atoms with Gasteiger partial charge in [-0.15, -0.1) is 0 Å². The highest BCUT2D eigenvalue weighted by atomic mass is 35.5. The Kier molecular flexibility index (Phi) is 5.91. The zero-order chi connectivity index (χ0) is 17.9. The molecule has 1 amide bonds. The quantitative estimate of drug-likeness (QED) is 0.787. The molecule has 128 valence electrons. The number of carbonyl (C=O) groups is 1. The van der Waals surface area contributed by atoms with Gasteiger partial charge in [0, 0.05) is 11.1 Å². The number of methoxy groups -OCH3 is 1. The van der Waals surface area contributed by atoms with Gasteiger partial charge in [-0.05, 0) is 43.7 Å². The van der Waals surface area contributed by atoms with Crippen molar-refractivity contribution < 1.29 is 13.9 Å². The van der Waals surface area contributed by atoms with Crippen LogP contribution >= 0.6 is 23.2 Å². The minimum atomic E-state index is -0.583. The number of halogens is 3. The number of hydrogen-bond donors (Lipinski definition) is 2. The molecule has 0 unspecified atom stereocenters. The second kappa shape index (κ2) is 7.73. The van der Waals surface area contributed by atoms with Crippen LogP contribution in [-0.2, 0) is 4.79 Å². The minimum absolute atomic E-state index is 0.135. The molecule has 2 aromatic rings. The number of hydrogen-bond acceptors (Lipinski definition) is 3. The van der Waals surface area contributed by atoms with Crippen molar-refractivity contribution in [3.8, 4) is 5.75 Å². The Balaban J connectivity index is 2.13. The molecule has 0 saturated heterocycles. The summed E-state index contributed by atoms with van der Waals surface area (Å²) >= 11 is 12.0. The van der Waals surface area contributed by atoms with E-state index in [4.69, 9.17) is 27.9 Å². The van der Waals surface area contributed by atoms with E-state index in [1.54, 1.807) is 19.1 Å². The van der Waals surface area contributed by atoms with Crippen LogP contribution in [0.3, 0.4) is 0 Å². The first-order valence-corrected chi connectivity index (χ1v) is 7.94. The SMILES string of the molecule is COc1cc(Cl)c(C)cc1N[C@@H](C)C(=O)Nc1ccc(F)cc1Cl. The number of benzene rings is 2. The average molecular weight is 371 g/mol. The Morgan fingerprint density at radius 3 is 2.50 bits per heavy atom. The molecule has 1 atom stereocenters. The monoisotopic (exact) mass is 370 g/mol. The van der Waals surface area contributed by atoms with Crippen LogP contribution in [0, 0.1) is 12.7 Å². The Bertz CT molecular complexity index is 768. The van der Waals surface area contributed by atoms with E-state index in [1.165, 1.54) is 19.2 Å². The molecular weight excluding hydrogens is 354 g/mol. The minimum Gasteiger partial charge on any atom is -0.495 e. The number of nitrogens with one attached hydrogen (secondary N) is 2. The Hall–Kier alpha value is -1.98. The summed E-state index contributed by atoms with van der Waals surface area (Å²) in [5, 5.41) is 6.43. The van der Waals surface area contributed by atoms with Gasteiger partial charge < -0.3 is 15.4 Å². The van der Waals surface area contributed by atoms with Gasteiger partial charge in [0.25, 0.3) is 0 Å². The van der Waals surface area contributed by atoms with Gasteiger partial charge in [0.05, 0.1) is 23.5 Å². The summed E-state index contributed by atoms with van der Waals surface area (Å²) in [6.07, 6.45) is 0. The molecule has 0 aromatic heterocycles. The molecule has 0 bridgehead atoms. The van der Waals surface area contributed by atoms with Gasteiger partial charge in [-0.2, -0.15) is 0 Å². The van der Waals surface area contributed by atoms with Crippen molar-refractivity contribution in [3.63, 3.8) is 0 Å². The molecule has 0 saturated carbocycles. The van der Waals surface area contributed by atoms with E-state index in [-0.39, 0.29) is 10.9 Å². The standard InChI is InChI=1S/C17H17Cl2FN2O2/c1-9-6-15(16(24-3)8-12(9)18)21-10(2)17(23)22-14-5-4-11(20)7-13(14)19/h4-8,10,21H,1-3H3,(H,22,23)/t10-/m0/s1. The third-order valence-corrected chi connectivity index (χ3v) is 4.15. The molecule has 0 aliphatic rings. The molecule has 2 rings (SSSR count). The number of rotatable bonds is 5. The zero-order valence-corrected chi connectivity index (χ0v) is 14.9. The molecule has 0 heterocycles.